The number of halogens is 1. The summed E-state index contributed by atoms with van der Waals surface area (Å²) in [7, 11) is 1.51. The molecular weight excluding hydrogens is 328 g/mol. The Morgan fingerprint density at radius 1 is 1.04 bits per heavy atom. The highest BCUT2D eigenvalue weighted by Gasteiger charge is 2.12. The number of methoxy groups -OCH3 is 1. The van der Waals surface area contributed by atoms with Crippen molar-refractivity contribution in [3.05, 3.63) is 65.7 Å². The number of anilines is 1. The topological polar surface area (TPSA) is 73.6 Å². The molecule has 3 N–H and O–H groups in total. The molecule has 0 heterocycles. The molecule has 130 valence electrons. The number of carbonyl (C=O) groups is 1. The summed E-state index contributed by atoms with van der Waals surface area (Å²) in [6, 6.07) is 16.9. The van der Waals surface area contributed by atoms with Crippen molar-refractivity contribution in [2.75, 3.05) is 19.0 Å². The van der Waals surface area contributed by atoms with Gasteiger partial charge in [-0.2, -0.15) is 0 Å². The molecule has 0 aliphatic carbocycles. The van der Waals surface area contributed by atoms with Gasteiger partial charge in [0.1, 0.15) is 6.04 Å². The van der Waals surface area contributed by atoms with Crippen LogP contribution >= 0.6 is 12.4 Å². The van der Waals surface area contributed by atoms with E-state index in [1.807, 2.05) is 54.6 Å². The van der Waals surface area contributed by atoms with Gasteiger partial charge in [0, 0.05) is 12.8 Å². The van der Waals surface area contributed by atoms with Gasteiger partial charge in [-0.1, -0.05) is 42.5 Å². The molecule has 0 fully saturated rings. The third kappa shape index (κ3) is 6.68. The fourth-order valence-corrected chi connectivity index (χ4v) is 2.04. The Morgan fingerprint density at radius 2 is 1.62 bits per heavy atom. The minimum Gasteiger partial charge on any atom is -0.383 e. The largest absolute Gasteiger partial charge is 0.383 e. The van der Waals surface area contributed by atoms with Crippen LogP contribution < -0.4 is 11.1 Å². The number of hydrogen-bond donors (Lipinski definition) is 2. The normalized spacial score (nSPS) is 11.4. The van der Waals surface area contributed by atoms with Gasteiger partial charge in [0.05, 0.1) is 19.8 Å². The van der Waals surface area contributed by atoms with Crippen molar-refractivity contribution < 1.29 is 14.3 Å². The van der Waals surface area contributed by atoms with Gasteiger partial charge in [-0.3, -0.25) is 4.79 Å². The fraction of sp³-hybridized carbons (Fsp3) is 0.278. The van der Waals surface area contributed by atoms with E-state index in [2.05, 4.69) is 5.32 Å². The first-order valence-corrected chi connectivity index (χ1v) is 7.45. The molecule has 0 aromatic heterocycles. The van der Waals surface area contributed by atoms with Crippen LogP contribution in [-0.2, 0) is 27.5 Å². The Kier molecular flexibility index (Phi) is 9.04. The first-order valence-electron chi connectivity index (χ1n) is 7.45. The molecule has 2 rings (SSSR count). The van der Waals surface area contributed by atoms with E-state index < -0.39 is 6.04 Å². The third-order valence-electron chi connectivity index (χ3n) is 3.28. The zero-order valence-corrected chi connectivity index (χ0v) is 14.4. The monoisotopic (exact) mass is 350 g/mol. The number of carbonyl (C=O) groups excluding carboxylic acids is 1. The second-order valence-corrected chi connectivity index (χ2v) is 5.23. The second kappa shape index (κ2) is 10.8. The molecule has 0 bridgehead atoms. The quantitative estimate of drug-likeness (QED) is 0.767. The first-order chi connectivity index (χ1) is 11.2. The molecule has 6 heteroatoms. The lowest BCUT2D eigenvalue weighted by Crippen LogP contribution is -2.39. The zero-order valence-electron chi connectivity index (χ0n) is 13.6. The first kappa shape index (κ1) is 20.1. The van der Waals surface area contributed by atoms with Crippen molar-refractivity contribution >= 4 is 24.0 Å². The van der Waals surface area contributed by atoms with Gasteiger partial charge < -0.3 is 20.5 Å². The minimum atomic E-state index is -0.672. The molecular formula is C18H23ClN2O3. The molecule has 24 heavy (non-hydrogen) atoms. The lowest BCUT2D eigenvalue weighted by molar-refractivity contribution is -0.118. The number of benzene rings is 2. The molecule has 0 saturated heterocycles. The van der Waals surface area contributed by atoms with Crippen LogP contribution in [0.15, 0.2) is 54.6 Å². The summed E-state index contributed by atoms with van der Waals surface area (Å²) in [6.45, 7) is 1.29. The van der Waals surface area contributed by atoms with E-state index in [0.717, 1.165) is 11.1 Å². The number of ether oxygens (including phenoxy) is 2. The van der Waals surface area contributed by atoms with Crippen LogP contribution in [0.2, 0.25) is 0 Å². The molecule has 5 nitrogen and oxygen atoms in total. The average Bonchev–Trinajstić information content (AvgIpc) is 2.57. The maximum atomic E-state index is 11.8. The summed E-state index contributed by atoms with van der Waals surface area (Å²) in [4.78, 5) is 11.8. The number of nitrogens with two attached hydrogens (primary N) is 1. The van der Waals surface area contributed by atoms with Crippen molar-refractivity contribution in [3.8, 4) is 0 Å². The smallest absolute Gasteiger partial charge is 0.243 e. The number of nitrogens with one attached hydrogen (secondary N) is 1. The average molecular weight is 351 g/mol. The molecule has 0 aliphatic rings. The summed E-state index contributed by atoms with van der Waals surface area (Å²) < 4.78 is 10.5. The molecule has 0 radical (unpaired) electrons. The van der Waals surface area contributed by atoms with E-state index in [1.54, 1.807) is 0 Å². The highest BCUT2D eigenvalue weighted by atomic mass is 35.5. The SMILES string of the molecule is COCC(N)C(=O)Nc1ccc(COCc2ccccc2)cc1.Cl. The van der Waals surface area contributed by atoms with Gasteiger partial charge in [-0.25, -0.2) is 0 Å². The molecule has 1 amide bonds. The summed E-state index contributed by atoms with van der Waals surface area (Å²) in [6.07, 6.45) is 0. The zero-order chi connectivity index (χ0) is 16.5. The molecule has 0 saturated carbocycles. The van der Waals surface area contributed by atoms with Gasteiger partial charge in [-0.15, -0.1) is 12.4 Å². The van der Waals surface area contributed by atoms with Crippen LogP contribution in [0.5, 0.6) is 0 Å². The Morgan fingerprint density at radius 3 is 2.21 bits per heavy atom. The molecule has 1 atom stereocenters. The lowest BCUT2D eigenvalue weighted by atomic mass is 10.2. The number of hydrogen-bond acceptors (Lipinski definition) is 4. The minimum absolute atomic E-state index is 0. The van der Waals surface area contributed by atoms with Gasteiger partial charge >= 0.3 is 0 Å². The van der Waals surface area contributed by atoms with Crippen LogP contribution in [0, 0.1) is 0 Å². The van der Waals surface area contributed by atoms with Crippen LogP contribution in [0.3, 0.4) is 0 Å². The Bertz CT molecular complexity index is 605. The Labute approximate surface area is 148 Å². The maximum Gasteiger partial charge on any atom is 0.243 e. The van der Waals surface area contributed by atoms with E-state index in [-0.39, 0.29) is 24.9 Å². The molecule has 1 unspecified atom stereocenters. The van der Waals surface area contributed by atoms with E-state index in [0.29, 0.717) is 18.9 Å². The molecule has 2 aromatic carbocycles. The van der Waals surface area contributed by atoms with Crippen molar-refractivity contribution in [2.45, 2.75) is 19.3 Å². The van der Waals surface area contributed by atoms with Crippen molar-refractivity contribution in [3.63, 3.8) is 0 Å². The van der Waals surface area contributed by atoms with Gasteiger partial charge in [0.2, 0.25) is 5.91 Å². The predicted octanol–water partition coefficient (Wildman–Crippen LogP) is 2.74. The van der Waals surface area contributed by atoms with Crippen LogP contribution in [-0.4, -0.2) is 25.7 Å². The van der Waals surface area contributed by atoms with Gasteiger partial charge in [-0.05, 0) is 23.3 Å². The predicted molar refractivity (Wildman–Crippen MR) is 97.1 cm³/mol. The lowest BCUT2D eigenvalue weighted by Gasteiger charge is -2.11. The van der Waals surface area contributed by atoms with Crippen molar-refractivity contribution in [2.24, 2.45) is 5.73 Å². The number of rotatable bonds is 8. The highest BCUT2D eigenvalue weighted by molar-refractivity contribution is 5.94. The molecule has 2 aromatic rings. The second-order valence-electron chi connectivity index (χ2n) is 5.23. The number of amides is 1. The summed E-state index contributed by atoms with van der Waals surface area (Å²) in [5.74, 6) is -0.264. The summed E-state index contributed by atoms with van der Waals surface area (Å²) in [5.41, 5.74) is 8.56. The van der Waals surface area contributed by atoms with Gasteiger partial charge in [0.15, 0.2) is 0 Å². The van der Waals surface area contributed by atoms with Crippen LogP contribution in [0.1, 0.15) is 11.1 Å². The maximum absolute atomic E-state index is 11.8. The third-order valence-corrected chi connectivity index (χ3v) is 3.28. The van der Waals surface area contributed by atoms with Crippen molar-refractivity contribution in [1.82, 2.24) is 0 Å². The van der Waals surface area contributed by atoms with E-state index in [1.165, 1.54) is 7.11 Å². The van der Waals surface area contributed by atoms with E-state index in [4.69, 9.17) is 15.2 Å². The summed E-state index contributed by atoms with van der Waals surface area (Å²) in [5, 5.41) is 2.75. The highest BCUT2D eigenvalue weighted by Crippen LogP contribution is 2.12. The van der Waals surface area contributed by atoms with Crippen molar-refractivity contribution in [1.29, 1.82) is 0 Å². The standard InChI is InChI=1S/C18H22N2O3.ClH/c1-22-13-17(19)18(21)20-16-9-7-15(8-10-16)12-23-11-14-5-3-2-4-6-14;/h2-10,17H,11-13,19H2,1H3,(H,20,21);1H. The Hall–Kier alpha value is -1.92. The summed E-state index contributed by atoms with van der Waals surface area (Å²) >= 11 is 0. The van der Waals surface area contributed by atoms with Crippen LogP contribution in [0.4, 0.5) is 5.69 Å². The molecule has 0 spiro atoms. The van der Waals surface area contributed by atoms with E-state index >= 15 is 0 Å². The van der Waals surface area contributed by atoms with Gasteiger partial charge in [0.25, 0.3) is 0 Å². The Balaban J connectivity index is 0.00000288. The van der Waals surface area contributed by atoms with E-state index in [9.17, 15) is 4.79 Å². The fourth-order valence-electron chi connectivity index (χ4n) is 2.04. The molecule has 0 aliphatic heterocycles. The van der Waals surface area contributed by atoms with Crippen LogP contribution in [0.25, 0.3) is 0 Å².